The van der Waals surface area contributed by atoms with Crippen molar-refractivity contribution in [1.29, 1.82) is 0 Å². The average molecular weight is 765 g/mol. The number of aliphatic hydroxyl groups excluding tert-OH is 7. The maximum absolute atomic E-state index is 9.25. The number of hydrogen-bond acceptors (Lipinski definition) is 14. The second-order valence-electron chi connectivity index (χ2n) is 6.14. The molecule has 0 saturated heterocycles. The van der Waals surface area contributed by atoms with Crippen LogP contribution in [-0.4, -0.2) is 122 Å². The fraction of sp³-hybridized carbons (Fsp3) is 0.667. The normalized spacial score (nSPS) is 13.2. The van der Waals surface area contributed by atoms with Crippen molar-refractivity contribution >= 4 is 44.0 Å². The molecule has 0 spiro atoms. The molecule has 0 aromatic heterocycles. The van der Waals surface area contributed by atoms with E-state index in [1.165, 1.54) is 48.5 Å². The molecule has 0 aliphatic heterocycles. The van der Waals surface area contributed by atoms with Gasteiger partial charge in [-0.05, 0) is 48.5 Å². The molecule has 0 fully saturated rings. The minimum absolute atomic E-state index is 0. The fourth-order valence-corrected chi connectivity index (χ4v) is 0. The van der Waals surface area contributed by atoms with Gasteiger partial charge in [-0.15, -0.1) is 0 Å². The van der Waals surface area contributed by atoms with Crippen molar-refractivity contribution in [3.8, 4) is 0 Å². The van der Waals surface area contributed by atoms with E-state index in [2.05, 4.69) is 0 Å². The van der Waals surface area contributed by atoms with Gasteiger partial charge in [0.1, 0.15) is 86.7 Å². The van der Waals surface area contributed by atoms with Crippen molar-refractivity contribution in [3.05, 3.63) is 0 Å². The molecular formula is C21H42O14TaZn. The zero-order chi connectivity index (χ0) is 30.0. The smallest absolute Gasteiger partial charge is 0.148 e. The summed E-state index contributed by atoms with van der Waals surface area (Å²) < 4.78 is 0. The van der Waals surface area contributed by atoms with E-state index in [9.17, 15) is 33.6 Å². The molecule has 0 aromatic rings. The number of hydrogen-bond donors (Lipinski definition) is 7. The second-order valence-corrected chi connectivity index (χ2v) is 6.14. The molecule has 14 nitrogen and oxygen atoms in total. The summed E-state index contributed by atoms with van der Waals surface area (Å²) in [6.45, 7) is 9.87. The van der Waals surface area contributed by atoms with Crippen molar-refractivity contribution in [2.75, 3.05) is 0 Å². The quantitative estimate of drug-likeness (QED) is 0.101. The van der Waals surface area contributed by atoms with Crippen molar-refractivity contribution in [2.45, 2.75) is 91.2 Å². The zero-order valence-electron chi connectivity index (χ0n) is 22.2. The molecule has 7 unspecified atom stereocenters. The first kappa shape index (κ1) is 60.3. The molecule has 7 N–H and O–H groups in total. The van der Waals surface area contributed by atoms with E-state index in [1.807, 2.05) is 0 Å². The first-order chi connectivity index (χ1) is 15.9. The summed E-state index contributed by atoms with van der Waals surface area (Å²) >= 11 is 0. The van der Waals surface area contributed by atoms with Gasteiger partial charge in [0.15, 0.2) is 0 Å². The molecule has 1 radical (unpaired) electrons. The van der Waals surface area contributed by atoms with Gasteiger partial charge in [0.2, 0.25) is 0 Å². The van der Waals surface area contributed by atoms with E-state index in [1.54, 1.807) is 0 Å². The first-order valence-electron chi connectivity index (χ1n) is 9.83. The van der Waals surface area contributed by atoms with Crippen LogP contribution in [0.3, 0.4) is 0 Å². The molecule has 0 aliphatic carbocycles. The number of carbonyl (C=O) groups excluding carboxylic acids is 7. The summed E-state index contributed by atoms with van der Waals surface area (Å²) in [6, 6.07) is 0. The van der Waals surface area contributed by atoms with E-state index < -0.39 is 42.7 Å². The van der Waals surface area contributed by atoms with Gasteiger partial charge in [-0.2, -0.15) is 0 Å². The van der Waals surface area contributed by atoms with Gasteiger partial charge in [0, 0.05) is 41.9 Å². The van der Waals surface area contributed by atoms with Crippen LogP contribution in [0.1, 0.15) is 48.5 Å². The number of carbonyl (C=O) groups is 7. The third-order valence-corrected chi connectivity index (χ3v) is 1.38. The Kier molecular flexibility index (Phi) is 90.2. The van der Waals surface area contributed by atoms with Gasteiger partial charge >= 0.3 is 0 Å². The number of aliphatic hydroxyl groups is 7. The van der Waals surface area contributed by atoms with Crippen LogP contribution in [0.4, 0.5) is 0 Å². The average Bonchev–Trinajstić information content (AvgIpc) is 2.80. The summed E-state index contributed by atoms with van der Waals surface area (Å²) in [5.74, 6) is 0. The molecule has 0 aromatic carbocycles. The molecule has 37 heavy (non-hydrogen) atoms. The van der Waals surface area contributed by atoms with Crippen LogP contribution < -0.4 is 0 Å². The van der Waals surface area contributed by atoms with Crippen molar-refractivity contribution in [2.24, 2.45) is 0 Å². The molecule has 217 valence electrons. The van der Waals surface area contributed by atoms with E-state index in [0.717, 1.165) is 0 Å². The second kappa shape index (κ2) is 55.3. The predicted octanol–water partition coefficient (Wildman–Crippen LogP) is -3.04. The van der Waals surface area contributed by atoms with Crippen LogP contribution in [0, 0.1) is 0 Å². The van der Waals surface area contributed by atoms with Gasteiger partial charge in [-0.25, -0.2) is 0 Å². The minimum atomic E-state index is -0.796. The Morgan fingerprint density at radius 3 is 0.351 bits per heavy atom. The van der Waals surface area contributed by atoms with Crippen molar-refractivity contribution in [3.63, 3.8) is 0 Å². The Bertz CT molecular complexity index is 354. The Hall–Kier alpha value is -1.23. The molecule has 0 rings (SSSR count). The third kappa shape index (κ3) is 229. The third-order valence-electron chi connectivity index (χ3n) is 1.38. The summed E-state index contributed by atoms with van der Waals surface area (Å²) in [6.07, 6.45) is -2.27. The maximum Gasteiger partial charge on any atom is 0.148 e. The topological polar surface area (TPSA) is 261 Å². The molecule has 0 amide bonds. The Balaban J connectivity index is -0.0000000350. The van der Waals surface area contributed by atoms with Crippen LogP contribution in [0.2, 0.25) is 0 Å². The molecule has 16 heteroatoms. The van der Waals surface area contributed by atoms with Crippen molar-refractivity contribution in [1.82, 2.24) is 0 Å². The fourth-order valence-electron chi connectivity index (χ4n) is 0. The molecule has 0 saturated carbocycles. The predicted molar refractivity (Wildman–Crippen MR) is 124 cm³/mol. The Labute approximate surface area is 245 Å². The Morgan fingerprint density at radius 1 is 0.324 bits per heavy atom. The molecule has 0 bridgehead atoms. The van der Waals surface area contributed by atoms with Gasteiger partial charge in [0.05, 0.1) is 0 Å². The number of rotatable bonds is 7. The molecule has 0 aliphatic rings. The van der Waals surface area contributed by atoms with Gasteiger partial charge < -0.3 is 69.3 Å². The summed E-state index contributed by atoms with van der Waals surface area (Å²) in [4.78, 5) is 64.8. The van der Waals surface area contributed by atoms with Crippen LogP contribution in [-0.2, 0) is 75.4 Å². The van der Waals surface area contributed by atoms with Gasteiger partial charge in [0.25, 0.3) is 0 Å². The zero-order valence-corrected chi connectivity index (χ0v) is 28.4. The number of aldehydes is 7. The van der Waals surface area contributed by atoms with Gasteiger partial charge in [-0.3, -0.25) is 0 Å². The van der Waals surface area contributed by atoms with Crippen LogP contribution in [0.15, 0.2) is 0 Å². The van der Waals surface area contributed by atoms with E-state index >= 15 is 0 Å². The molecule has 7 atom stereocenters. The Morgan fingerprint density at radius 2 is 0.351 bits per heavy atom. The van der Waals surface area contributed by atoms with Crippen LogP contribution >= 0.6 is 0 Å². The molecule has 0 heterocycles. The van der Waals surface area contributed by atoms with Crippen LogP contribution in [0.5, 0.6) is 0 Å². The minimum Gasteiger partial charge on any atom is -0.386 e. The maximum atomic E-state index is 9.25. The summed E-state index contributed by atoms with van der Waals surface area (Å²) in [5, 5.41) is 56.0. The van der Waals surface area contributed by atoms with Crippen LogP contribution in [0.25, 0.3) is 0 Å². The van der Waals surface area contributed by atoms with E-state index in [0.29, 0.717) is 44.0 Å². The van der Waals surface area contributed by atoms with Crippen molar-refractivity contribution < 1.29 is 111 Å². The SMILES string of the molecule is CC(O)C=O.CC(O)C=O.CC(O)C=O.CC(O)C=O.CC(O)C=O.CC(O)C=O.CC(O)C=O.[Ta].[Zn]. The van der Waals surface area contributed by atoms with E-state index in [4.69, 9.17) is 35.7 Å². The summed E-state index contributed by atoms with van der Waals surface area (Å²) in [5.41, 5.74) is 0. The standard InChI is InChI=1S/7C3H6O2.Ta.Zn/c7*1-3(5)2-4;;/h7*2-3,5H,1H3;;. The van der Waals surface area contributed by atoms with E-state index in [-0.39, 0.29) is 41.9 Å². The summed E-state index contributed by atoms with van der Waals surface area (Å²) in [7, 11) is 0. The van der Waals surface area contributed by atoms with Gasteiger partial charge in [-0.1, -0.05) is 0 Å². The largest absolute Gasteiger partial charge is 0.386 e. The monoisotopic (exact) mass is 763 g/mol. The molecular weight excluding hydrogens is 723 g/mol. The first-order valence-corrected chi connectivity index (χ1v) is 9.83.